The van der Waals surface area contributed by atoms with Crippen LogP contribution >= 0.6 is 23.2 Å². The number of rotatable bonds is 6. The molecule has 5 nitrogen and oxygen atoms in total. The molecule has 26 heavy (non-hydrogen) atoms. The van der Waals surface area contributed by atoms with E-state index in [9.17, 15) is 17.6 Å². The molecule has 146 valence electrons. The van der Waals surface area contributed by atoms with Gasteiger partial charge in [0.2, 0.25) is 15.9 Å². The summed E-state index contributed by atoms with van der Waals surface area (Å²) < 4.78 is 40.6. The van der Waals surface area contributed by atoms with Gasteiger partial charge in [-0.3, -0.25) is 4.79 Å². The number of benzene rings is 1. The summed E-state index contributed by atoms with van der Waals surface area (Å²) in [6.45, 7) is 3.74. The predicted molar refractivity (Wildman–Crippen MR) is 101 cm³/mol. The maximum absolute atomic E-state index is 13.6. The average Bonchev–Trinajstić information content (AvgIpc) is 2.52. The molecule has 0 aromatic heterocycles. The molecule has 1 aromatic carbocycles. The fourth-order valence-electron chi connectivity index (χ4n) is 3.08. The van der Waals surface area contributed by atoms with Gasteiger partial charge in [-0.15, -0.1) is 0 Å². The van der Waals surface area contributed by atoms with Gasteiger partial charge in [0.25, 0.3) is 0 Å². The number of hydrogen-bond acceptors (Lipinski definition) is 3. The quantitative estimate of drug-likeness (QED) is 0.681. The summed E-state index contributed by atoms with van der Waals surface area (Å²) in [5, 5.41) is 2.61. The second-order valence-electron chi connectivity index (χ2n) is 6.91. The van der Waals surface area contributed by atoms with Crippen LogP contribution in [0.4, 0.5) is 4.39 Å². The lowest BCUT2D eigenvalue weighted by Gasteiger charge is -2.26. The van der Waals surface area contributed by atoms with Crippen LogP contribution in [-0.4, -0.2) is 26.1 Å². The second kappa shape index (κ2) is 8.87. The van der Waals surface area contributed by atoms with E-state index in [0.29, 0.717) is 11.5 Å². The molecule has 1 atom stereocenters. The van der Waals surface area contributed by atoms with Crippen LogP contribution in [0.2, 0.25) is 10.0 Å². The lowest BCUT2D eigenvalue weighted by Crippen LogP contribution is -2.42. The topological polar surface area (TPSA) is 75.3 Å². The molecule has 1 aliphatic carbocycles. The SMILES string of the molecule is CC1CCC(NS(=O)(=O)CC(=O)NC(C)c2cc(F)c(Cl)cc2Cl)CC1. The highest BCUT2D eigenvalue weighted by molar-refractivity contribution is 7.90. The van der Waals surface area contributed by atoms with E-state index in [1.165, 1.54) is 6.07 Å². The Morgan fingerprint density at radius 1 is 1.23 bits per heavy atom. The molecule has 1 unspecified atom stereocenters. The van der Waals surface area contributed by atoms with Crippen molar-refractivity contribution in [3.63, 3.8) is 0 Å². The summed E-state index contributed by atoms with van der Waals surface area (Å²) >= 11 is 11.7. The molecule has 1 aliphatic rings. The van der Waals surface area contributed by atoms with Crippen LogP contribution in [0.1, 0.15) is 51.1 Å². The van der Waals surface area contributed by atoms with E-state index in [4.69, 9.17) is 23.2 Å². The zero-order valence-electron chi connectivity index (χ0n) is 14.7. The molecule has 0 radical (unpaired) electrons. The summed E-state index contributed by atoms with van der Waals surface area (Å²) in [5.41, 5.74) is 0.327. The van der Waals surface area contributed by atoms with E-state index < -0.39 is 33.5 Å². The van der Waals surface area contributed by atoms with Gasteiger partial charge in [-0.2, -0.15) is 0 Å². The number of sulfonamides is 1. The molecular weight excluding hydrogens is 402 g/mol. The van der Waals surface area contributed by atoms with Crippen molar-refractivity contribution in [1.82, 2.24) is 10.0 Å². The first-order valence-electron chi connectivity index (χ1n) is 8.51. The lowest BCUT2D eigenvalue weighted by molar-refractivity contribution is -0.119. The Morgan fingerprint density at radius 2 is 1.85 bits per heavy atom. The fourth-order valence-corrected chi connectivity index (χ4v) is 4.88. The van der Waals surface area contributed by atoms with Crippen molar-refractivity contribution in [3.8, 4) is 0 Å². The Labute approximate surface area is 163 Å². The summed E-state index contributed by atoms with van der Waals surface area (Å²) in [7, 11) is -3.74. The Morgan fingerprint density at radius 3 is 2.46 bits per heavy atom. The minimum atomic E-state index is -3.74. The van der Waals surface area contributed by atoms with Gasteiger partial charge in [-0.25, -0.2) is 17.5 Å². The third-order valence-corrected chi connectivity index (χ3v) is 6.52. The average molecular weight is 425 g/mol. The van der Waals surface area contributed by atoms with Gasteiger partial charge in [0.15, 0.2) is 0 Å². The normalized spacial score (nSPS) is 22.0. The monoisotopic (exact) mass is 424 g/mol. The molecule has 2 rings (SSSR count). The van der Waals surface area contributed by atoms with Crippen molar-refractivity contribution in [3.05, 3.63) is 33.6 Å². The van der Waals surface area contributed by atoms with Gasteiger partial charge in [-0.1, -0.05) is 30.1 Å². The Kier molecular flexibility index (Phi) is 7.30. The number of amides is 1. The van der Waals surface area contributed by atoms with Gasteiger partial charge >= 0.3 is 0 Å². The Hall–Kier alpha value is -0.890. The lowest BCUT2D eigenvalue weighted by atomic mass is 9.88. The molecule has 1 fully saturated rings. The standard InChI is InChI=1S/C17H23Cl2FN2O3S/c1-10-3-5-12(6-4-10)22-26(24,25)9-17(23)21-11(2)13-7-16(20)15(19)8-14(13)18/h7-8,10-12,22H,3-6,9H2,1-2H3,(H,21,23). The van der Waals surface area contributed by atoms with Gasteiger partial charge in [0, 0.05) is 11.1 Å². The van der Waals surface area contributed by atoms with E-state index >= 15 is 0 Å². The Balaban J connectivity index is 1.94. The van der Waals surface area contributed by atoms with Crippen molar-refractivity contribution >= 4 is 39.1 Å². The first kappa shape index (κ1) is 21.4. The minimum Gasteiger partial charge on any atom is -0.349 e. The van der Waals surface area contributed by atoms with Crippen LogP contribution in [0.3, 0.4) is 0 Å². The highest BCUT2D eigenvalue weighted by atomic mass is 35.5. The molecule has 2 N–H and O–H groups in total. The second-order valence-corrected chi connectivity index (χ2v) is 9.48. The maximum atomic E-state index is 13.6. The van der Waals surface area contributed by atoms with Crippen LogP contribution in [0, 0.1) is 11.7 Å². The molecule has 9 heteroatoms. The van der Waals surface area contributed by atoms with Crippen LogP contribution in [0.25, 0.3) is 0 Å². The van der Waals surface area contributed by atoms with E-state index in [1.54, 1.807) is 6.92 Å². The highest BCUT2D eigenvalue weighted by Crippen LogP contribution is 2.28. The molecular formula is C17H23Cl2FN2O3S. The highest BCUT2D eigenvalue weighted by Gasteiger charge is 2.25. The number of nitrogens with one attached hydrogen (secondary N) is 2. The molecule has 0 heterocycles. The third kappa shape index (κ3) is 6.08. The van der Waals surface area contributed by atoms with E-state index in [2.05, 4.69) is 17.0 Å². The van der Waals surface area contributed by atoms with E-state index in [-0.39, 0.29) is 16.1 Å². The van der Waals surface area contributed by atoms with Crippen molar-refractivity contribution in [2.75, 3.05) is 5.75 Å². The molecule has 0 aliphatic heterocycles. The smallest absolute Gasteiger partial charge is 0.237 e. The van der Waals surface area contributed by atoms with Gasteiger partial charge in [-0.05, 0) is 56.2 Å². The molecule has 0 bridgehead atoms. The van der Waals surface area contributed by atoms with Crippen molar-refractivity contribution in [2.45, 2.75) is 51.6 Å². The molecule has 0 saturated heterocycles. The summed E-state index contributed by atoms with van der Waals surface area (Å²) in [4.78, 5) is 12.1. The molecule has 1 aromatic rings. The van der Waals surface area contributed by atoms with Gasteiger partial charge in [0.1, 0.15) is 11.6 Å². The van der Waals surface area contributed by atoms with Gasteiger partial charge in [0.05, 0.1) is 11.1 Å². The summed E-state index contributed by atoms with van der Waals surface area (Å²) in [5.74, 6) is -1.42. The maximum Gasteiger partial charge on any atom is 0.237 e. The predicted octanol–water partition coefficient (Wildman–Crippen LogP) is 3.81. The van der Waals surface area contributed by atoms with Crippen LogP contribution in [-0.2, 0) is 14.8 Å². The molecule has 1 amide bonds. The van der Waals surface area contributed by atoms with Crippen LogP contribution in [0.5, 0.6) is 0 Å². The van der Waals surface area contributed by atoms with Crippen molar-refractivity contribution in [1.29, 1.82) is 0 Å². The van der Waals surface area contributed by atoms with Gasteiger partial charge < -0.3 is 5.32 Å². The summed E-state index contributed by atoms with van der Waals surface area (Å²) in [6, 6.07) is 1.60. The Bertz CT molecular complexity index is 766. The van der Waals surface area contributed by atoms with Crippen molar-refractivity contribution < 1.29 is 17.6 Å². The zero-order valence-corrected chi connectivity index (χ0v) is 17.0. The zero-order chi connectivity index (χ0) is 19.5. The number of carbonyl (C=O) groups excluding carboxylic acids is 1. The van der Waals surface area contributed by atoms with Crippen molar-refractivity contribution in [2.24, 2.45) is 5.92 Å². The fraction of sp³-hybridized carbons (Fsp3) is 0.588. The largest absolute Gasteiger partial charge is 0.349 e. The third-order valence-electron chi connectivity index (χ3n) is 4.57. The number of halogens is 3. The van der Waals surface area contributed by atoms with Crippen LogP contribution in [0.15, 0.2) is 12.1 Å². The summed E-state index contributed by atoms with van der Waals surface area (Å²) in [6.07, 6.45) is 3.49. The number of hydrogen-bond donors (Lipinski definition) is 2. The first-order valence-corrected chi connectivity index (χ1v) is 10.9. The first-order chi connectivity index (χ1) is 12.1. The molecule has 0 spiro atoms. The minimum absolute atomic E-state index is 0.120. The van der Waals surface area contributed by atoms with E-state index in [0.717, 1.165) is 31.7 Å². The number of carbonyl (C=O) groups is 1. The molecule has 1 saturated carbocycles. The van der Waals surface area contributed by atoms with Crippen LogP contribution < -0.4 is 10.0 Å². The van der Waals surface area contributed by atoms with E-state index in [1.807, 2.05) is 0 Å².